The number of hydrogen-bond donors (Lipinski definition) is 2. The molecule has 246 valence electrons. The fraction of sp³-hybridized carbons (Fsp3) is 0.171. The highest BCUT2D eigenvalue weighted by Crippen LogP contribution is 2.36. The summed E-state index contributed by atoms with van der Waals surface area (Å²) in [6.45, 7) is 1.67. The van der Waals surface area contributed by atoms with E-state index < -0.39 is 11.8 Å². The number of hydrogen-bond acceptors (Lipinski definition) is 7. The quantitative estimate of drug-likeness (QED) is 0.151. The second-order valence-electron chi connectivity index (χ2n) is 10.6. The zero-order chi connectivity index (χ0) is 34.2. The first kappa shape index (κ1) is 34.0. The van der Waals surface area contributed by atoms with Gasteiger partial charge in [-0.25, -0.2) is 4.98 Å². The smallest absolute Gasteiger partial charge is 0.297 e. The molecule has 2 heterocycles. The van der Waals surface area contributed by atoms with Gasteiger partial charge in [-0.3, -0.25) is 19.0 Å². The maximum absolute atomic E-state index is 13.0. The number of benzene rings is 3. The predicted molar refractivity (Wildman–Crippen MR) is 187 cm³/mol. The largest absolute Gasteiger partial charge is 0.486 e. The molecule has 48 heavy (non-hydrogen) atoms. The summed E-state index contributed by atoms with van der Waals surface area (Å²) in [5.74, 6) is -0.208. The summed E-state index contributed by atoms with van der Waals surface area (Å²) in [6.07, 6.45) is 4.34. The highest BCUT2D eigenvalue weighted by atomic mass is 35.5. The first-order chi connectivity index (χ1) is 23.1. The Morgan fingerprint density at radius 3 is 2.50 bits per heavy atom. The third-order valence-corrected chi connectivity index (χ3v) is 8.05. The van der Waals surface area contributed by atoms with Crippen molar-refractivity contribution in [1.29, 1.82) is 0 Å². The molecule has 5 rings (SSSR count). The fourth-order valence-corrected chi connectivity index (χ4v) is 5.43. The molecule has 0 atom stereocenters. The molecule has 0 spiro atoms. The molecule has 0 aliphatic heterocycles. The van der Waals surface area contributed by atoms with Gasteiger partial charge in [0.2, 0.25) is 17.7 Å². The number of aromatic nitrogens is 3. The number of imidazole rings is 1. The summed E-state index contributed by atoms with van der Waals surface area (Å²) in [7, 11) is 3.13. The van der Waals surface area contributed by atoms with Crippen LogP contribution in [0.1, 0.15) is 23.6 Å². The van der Waals surface area contributed by atoms with E-state index in [1.54, 1.807) is 50.6 Å². The van der Waals surface area contributed by atoms with Crippen LogP contribution in [0.15, 0.2) is 85.1 Å². The van der Waals surface area contributed by atoms with E-state index in [1.807, 2.05) is 47.0 Å². The van der Waals surface area contributed by atoms with E-state index in [2.05, 4.69) is 20.6 Å². The lowest BCUT2D eigenvalue weighted by molar-refractivity contribution is -0.122. The molecule has 5 aromatic rings. The summed E-state index contributed by atoms with van der Waals surface area (Å²) in [4.78, 5) is 46.6. The van der Waals surface area contributed by atoms with Gasteiger partial charge in [0.05, 0.1) is 36.4 Å². The van der Waals surface area contributed by atoms with Crippen molar-refractivity contribution < 1.29 is 23.9 Å². The van der Waals surface area contributed by atoms with Crippen molar-refractivity contribution in [3.05, 3.63) is 112 Å². The number of pyridine rings is 1. The average molecular weight is 688 g/mol. The number of rotatable bonds is 12. The van der Waals surface area contributed by atoms with Gasteiger partial charge >= 0.3 is 0 Å². The van der Waals surface area contributed by atoms with Crippen LogP contribution >= 0.6 is 23.2 Å². The lowest BCUT2D eigenvalue weighted by Gasteiger charge is -2.21. The second kappa shape index (κ2) is 15.5. The number of carbonyl (C=O) groups excluding carboxylic acids is 3. The molecule has 2 aromatic heterocycles. The van der Waals surface area contributed by atoms with Crippen LogP contribution < -0.4 is 25.0 Å². The van der Waals surface area contributed by atoms with Gasteiger partial charge in [-0.15, -0.1) is 0 Å². The number of nitrogens with zero attached hydrogens (tertiary/aromatic N) is 4. The van der Waals surface area contributed by atoms with Gasteiger partial charge in [-0.05, 0) is 53.6 Å². The summed E-state index contributed by atoms with van der Waals surface area (Å²) in [5.41, 5.74) is 4.05. The van der Waals surface area contributed by atoms with Gasteiger partial charge in [0.15, 0.2) is 0 Å². The molecule has 0 radical (unpaired) electrons. The first-order valence-electron chi connectivity index (χ1n) is 14.8. The van der Waals surface area contributed by atoms with Crippen molar-refractivity contribution in [3.8, 4) is 11.8 Å². The Morgan fingerprint density at radius 1 is 1.00 bits per heavy atom. The number of carbonyl (C=O) groups is 3. The summed E-state index contributed by atoms with van der Waals surface area (Å²) in [6, 6.07) is 22.6. The normalized spacial score (nSPS) is 11.0. The van der Waals surface area contributed by atoms with Gasteiger partial charge in [0.1, 0.15) is 23.7 Å². The number of methoxy groups -OCH3 is 1. The Morgan fingerprint density at radius 2 is 1.79 bits per heavy atom. The van der Waals surface area contributed by atoms with Crippen molar-refractivity contribution in [3.63, 3.8) is 0 Å². The van der Waals surface area contributed by atoms with Crippen LogP contribution in [-0.2, 0) is 27.5 Å². The Balaban J connectivity index is 1.24. The Labute approximate surface area is 287 Å². The third-order valence-electron chi connectivity index (χ3n) is 7.28. The second-order valence-corrected chi connectivity index (χ2v) is 11.4. The maximum atomic E-state index is 13.0. The number of para-hydroxylation sites is 1. The molecular formula is C35H32Cl2N6O5. The monoisotopic (exact) mass is 686 g/mol. The zero-order valence-corrected chi connectivity index (χ0v) is 27.9. The van der Waals surface area contributed by atoms with E-state index in [1.165, 1.54) is 24.1 Å². The number of halogens is 2. The van der Waals surface area contributed by atoms with Crippen LogP contribution in [0.5, 0.6) is 11.8 Å². The Hall–Kier alpha value is -5.39. The lowest BCUT2D eigenvalue weighted by atomic mass is 10.2. The van der Waals surface area contributed by atoms with Crippen molar-refractivity contribution in [2.75, 3.05) is 30.9 Å². The van der Waals surface area contributed by atoms with Gasteiger partial charge in [-0.1, -0.05) is 59.6 Å². The van der Waals surface area contributed by atoms with E-state index in [-0.39, 0.29) is 24.1 Å². The molecule has 11 nitrogen and oxygen atoms in total. The van der Waals surface area contributed by atoms with Crippen LogP contribution in [0.2, 0.25) is 10.0 Å². The summed E-state index contributed by atoms with van der Waals surface area (Å²) in [5, 5.41) is 5.74. The molecule has 0 unspecified atom stereocenters. The van der Waals surface area contributed by atoms with Gasteiger partial charge in [0.25, 0.3) is 6.01 Å². The van der Waals surface area contributed by atoms with E-state index in [0.29, 0.717) is 51.5 Å². The number of likely N-dealkylation sites (N-methyl/N-ethyl adjacent to an activating group) is 1. The zero-order valence-electron chi connectivity index (χ0n) is 26.4. The molecule has 0 fully saturated rings. The van der Waals surface area contributed by atoms with Gasteiger partial charge in [0, 0.05) is 36.8 Å². The van der Waals surface area contributed by atoms with E-state index >= 15 is 0 Å². The molecular weight excluding hydrogens is 655 g/mol. The van der Waals surface area contributed by atoms with Gasteiger partial charge < -0.3 is 25.0 Å². The molecule has 0 aliphatic carbocycles. The average Bonchev–Trinajstić information content (AvgIpc) is 3.44. The minimum atomic E-state index is -0.476. The lowest BCUT2D eigenvalue weighted by Crippen LogP contribution is -2.37. The van der Waals surface area contributed by atoms with Crippen molar-refractivity contribution in [1.82, 2.24) is 19.9 Å². The minimum Gasteiger partial charge on any atom is -0.486 e. The molecule has 13 heteroatoms. The van der Waals surface area contributed by atoms with Crippen LogP contribution in [0.4, 0.5) is 11.5 Å². The highest BCUT2D eigenvalue weighted by molar-refractivity contribution is 6.38. The molecule has 0 bridgehead atoms. The number of fused-ring (bicyclic) bond motifs is 1. The fourth-order valence-electron chi connectivity index (χ4n) is 4.82. The topological polar surface area (TPSA) is 128 Å². The Bertz CT molecular complexity index is 1980. The first-order valence-corrected chi connectivity index (χ1v) is 15.5. The van der Waals surface area contributed by atoms with Crippen LogP contribution in [0, 0.1) is 0 Å². The van der Waals surface area contributed by atoms with Gasteiger partial charge in [-0.2, -0.15) is 4.98 Å². The van der Waals surface area contributed by atoms with Crippen molar-refractivity contribution >= 4 is 69.5 Å². The number of anilines is 2. The maximum Gasteiger partial charge on any atom is 0.297 e. The van der Waals surface area contributed by atoms with Crippen LogP contribution in [0.3, 0.4) is 0 Å². The summed E-state index contributed by atoms with van der Waals surface area (Å²) < 4.78 is 13.7. The standard InChI is InChI=1S/C35H32Cl2N6O5/c1-22(44)40-30-16-12-23(18-38-30)13-17-31(45)39-19-32(46)42(2)27-15-14-26(36)25(33(27)37)21-48-29-11-7-10-28-34(29)41-35(47-3)43(28)20-24-8-5-4-6-9-24/h4-18H,19-21H2,1-3H3,(H,39,45)(H,38,40,44)/b17-13+. The molecule has 2 N–H and O–H groups in total. The van der Waals surface area contributed by atoms with Crippen molar-refractivity contribution in [2.24, 2.45) is 0 Å². The Kier molecular flexibility index (Phi) is 10.9. The van der Waals surface area contributed by atoms with E-state index in [4.69, 9.17) is 32.7 Å². The van der Waals surface area contributed by atoms with Crippen molar-refractivity contribution in [2.45, 2.75) is 20.1 Å². The third kappa shape index (κ3) is 8.11. The molecule has 3 aromatic carbocycles. The number of amides is 3. The predicted octanol–water partition coefficient (Wildman–Crippen LogP) is 6.12. The number of nitrogens with one attached hydrogen (secondary N) is 2. The molecule has 3 amide bonds. The van der Waals surface area contributed by atoms with E-state index in [9.17, 15) is 14.4 Å². The SMILES string of the molecule is COc1nc2c(OCc3c(Cl)ccc(N(C)C(=O)CNC(=O)/C=C/c4ccc(NC(C)=O)nc4)c3Cl)cccc2n1Cc1ccccc1. The molecule has 0 aliphatic rings. The number of ether oxygens (including phenoxy) is 2. The minimum absolute atomic E-state index is 0.00267. The molecule has 0 saturated heterocycles. The molecule has 0 saturated carbocycles. The van der Waals surface area contributed by atoms with Crippen LogP contribution in [0.25, 0.3) is 17.1 Å². The van der Waals surface area contributed by atoms with E-state index in [0.717, 1.165) is 11.1 Å². The summed E-state index contributed by atoms with van der Waals surface area (Å²) >= 11 is 13.3. The van der Waals surface area contributed by atoms with Crippen LogP contribution in [-0.4, -0.2) is 53.0 Å². The highest BCUT2D eigenvalue weighted by Gasteiger charge is 2.20.